The summed E-state index contributed by atoms with van der Waals surface area (Å²) in [4.78, 5) is 88.5. The molecule has 5 aliphatic rings. The van der Waals surface area contributed by atoms with E-state index in [4.69, 9.17) is 42.6 Å². The molecule has 1 amide bonds. The molecule has 12 atom stereocenters. The number of aromatic nitrogens is 1. The summed E-state index contributed by atoms with van der Waals surface area (Å²) in [5.74, 6) is -6.08. The molecule has 3 heterocycles. The average molecular weight is 865 g/mol. The van der Waals surface area contributed by atoms with E-state index in [0.717, 1.165) is 0 Å². The molecule has 2 saturated carbocycles. The van der Waals surface area contributed by atoms with Crippen LogP contribution in [0.15, 0.2) is 65.9 Å². The van der Waals surface area contributed by atoms with Crippen LogP contribution in [0.5, 0.6) is 0 Å². The number of ketones is 1. The molecule has 62 heavy (non-hydrogen) atoms. The van der Waals surface area contributed by atoms with Crippen molar-refractivity contribution in [2.75, 3.05) is 20.8 Å². The van der Waals surface area contributed by atoms with Gasteiger partial charge in [-0.15, -0.1) is 0 Å². The molecule has 1 spiro atoms. The third-order valence-electron chi connectivity index (χ3n) is 12.7. The number of hydrogen-bond acceptors (Lipinski definition) is 17. The Labute approximate surface area is 357 Å². The zero-order chi connectivity index (χ0) is 45.1. The highest BCUT2D eigenvalue weighted by Crippen LogP contribution is 2.64. The third-order valence-corrected chi connectivity index (χ3v) is 12.7. The molecule has 2 aliphatic heterocycles. The largest absolute Gasteiger partial charge is 0.509 e. The molecule has 18 heteroatoms. The second-order valence-electron chi connectivity index (χ2n) is 17.7. The summed E-state index contributed by atoms with van der Waals surface area (Å²) < 4.78 is 54.7. The van der Waals surface area contributed by atoms with Gasteiger partial charge in [-0.25, -0.2) is 19.2 Å². The van der Waals surface area contributed by atoms with Crippen LogP contribution in [0.4, 0.5) is 9.59 Å². The van der Waals surface area contributed by atoms with Crippen LogP contribution in [0, 0.1) is 17.3 Å². The fraction of sp³-hybridized carbons (Fsp3) is 0.568. The van der Waals surface area contributed by atoms with Gasteiger partial charge in [0.1, 0.15) is 23.9 Å². The van der Waals surface area contributed by atoms with E-state index in [1.54, 1.807) is 71.9 Å². The summed E-state index contributed by atoms with van der Waals surface area (Å²) in [6, 6.07) is 11.1. The number of fused-ring (bicyclic) bond motifs is 4. The molecule has 4 fully saturated rings. The van der Waals surface area contributed by atoms with E-state index in [1.165, 1.54) is 45.5 Å². The van der Waals surface area contributed by atoms with E-state index in [1.807, 2.05) is 0 Å². The van der Waals surface area contributed by atoms with Gasteiger partial charge >= 0.3 is 30.2 Å². The number of alkyl carbamates (subject to hydrolysis) is 1. The van der Waals surface area contributed by atoms with E-state index in [9.17, 15) is 29.1 Å². The van der Waals surface area contributed by atoms with Crippen LogP contribution in [0.1, 0.15) is 77.0 Å². The molecule has 2 saturated heterocycles. The number of hydrogen-bond donors (Lipinski definition) is 2. The maximum atomic E-state index is 15.4. The van der Waals surface area contributed by atoms with Gasteiger partial charge in [-0.3, -0.25) is 14.6 Å². The van der Waals surface area contributed by atoms with E-state index in [2.05, 4.69) is 10.3 Å². The van der Waals surface area contributed by atoms with E-state index >= 15 is 4.79 Å². The van der Waals surface area contributed by atoms with Crippen LogP contribution in [0.3, 0.4) is 0 Å². The van der Waals surface area contributed by atoms with Gasteiger partial charge in [0.2, 0.25) is 5.60 Å². The van der Waals surface area contributed by atoms with Gasteiger partial charge in [-0.05, 0) is 63.1 Å². The predicted molar refractivity (Wildman–Crippen MR) is 211 cm³/mol. The van der Waals surface area contributed by atoms with Crippen molar-refractivity contribution in [2.45, 2.75) is 120 Å². The number of aliphatic hydroxyl groups is 1. The van der Waals surface area contributed by atoms with Gasteiger partial charge in [-0.1, -0.05) is 38.1 Å². The molecule has 3 aliphatic carbocycles. The van der Waals surface area contributed by atoms with Gasteiger partial charge in [-0.2, -0.15) is 0 Å². The number of rotatable bonds is 10. The number of carbonyl (C=O) groups excluding carboxylic acids is 6. The zero-order valence-corrected chi connectivity index (χ0v) is 35.9. The number of benzene rings is 1. The summed E-state index contributed by atoms with van der Waals surface area (Å²) in [6.45, 7) is 10.7. The summed E-state index contributed by atoms with van der Waals surface area (Å²) in [6.07, 6.45) is -11.1. The molecule has 1 aromatic carbocycles. The topological polar surface area (TPSA) is 231 Å². The SMILES string of the molecule is CO[C@H]1C(=O)C2[C@@H](OC)C[C@H]3OC[C@@]3(OC(C)=O)[C@H]2[C@H](OC(=O)c2ccccc2)[C@]23OC(=O)O[C@H]2[C@H](OC(=O)[C@H](O)[C@@H](NC(=O)OC(C)(C)C)c2ccccn2)C(C)=C1C3(C)C. The van der Waals surface area contributed by atoms with Crippen LogP contribution < -0.4 is 5.32 Å². The van der Waals surface area contributed by atoms with Crippen molar-refractivity contribution in [3.63, 3.8) is 0 Å². The van der Waals surface area contributed by atoms with Crippen molar-refractivity contribution >= 4 is 35.9 Å². The lowest BCUT2D eigenvalue weighted by Crippen LogP contribution is -2.81. The Bertz CT molecular complexity index is 2140. The minimum absolute atomic E-state index is 0.0712. The molecule has 2 aromatic rings. The van der Waals surface area contributed by atoms with Crippen LogP contribution in [-0.4, -0.2) is 126 Å². The molecule has 0 radical (unpaired) electrons. The highest BCUT2D eigenvalue weighted by atomic mass is 16.8. The normalized spacial score (nSPS) is 32.9. The Balaban J connectivity index is 1.42. The second-order valence-corrected chi connectivity index (χ2v) is 17.7. The summed E-state index contributed by atoms with van der Waals surface area (Å²) in [5.41, 5.74) is -5.80. The lowest BCUT2D eigenvalue weighted by Gasteiger charge is -2.65. The number of amides is 1. The van der Waals surface area contributed by atoms with Crippen LogP contribution in [-0.2, 0) is 57.0 Å². The first-order valence-corrected chi connectivity index (χ1v) is 20.3. The molecular weight excluding hydrogens is 812 g/mol. The number of pyridine rings is 1. The maximum Gasteiger partial charge on any atom is 0.509 e. The predicted octanol–water partition coefficient (Wildman–Crippen LogP) is 3.73. The Morgan fingerprint density at radius 2 is 1.68 bits per heavy atom. The Morgan fingerprint density at radius 3 is 2.26 bits per heavy atom. The maximum absolute atomic E-state index is 15.4. The number of Topliss-reactive ketones (excluding diaryl/α,β-unsaturated/α-hetero) is 1. The Hall–Kier alpha value is -5.43. The van der Waals surface area contributed by atoms with Crippen molar-refractivity contribution in [2.24, 2.45) is 17.3 Å². The molecular formula is C44H52N2O16. The standard InChI is InChI=1S/C44H52N2O16/c1-21-28-34(55-9)31(48)27-25(54-8)19-26-43(20-56-26,60-22(2)47)29(27)35(58-37(50)23-15-11-10-12-16-23)44(42(28,6)7)36(59-40(53)62-44)33(21)57-38(51)32(49)30(24-17-13-14-18-45-24)46-39(52)61-41(3,4)5/h10-18,25-27,29-30,32-36,49H,19-20H2,1-9H3,(H,46,52)/t25-,26+,27?,29+,30-,32+,33+,34+,35-,36-,43-,44-/m0/s1. The van der Waals surface area contributed by atoms with Gasteiger partial charge in [0.15, 0.2) is 35.8 Å². The van der Waals surface area contributed by atoms with Crippen molar-refractivity contribution in [3.8, 4) is 0 Å². The summed E-state index contributed by atoms with van der Waals surface area (Å²) >= 11 is 0. The molecule has 2 N–H and O–H groups in total. The number of ether oxygens (including phenoxy) is 9. The van der Waals surface area contributed by atoms with Crippen LogP contribution >= 0.6 is 0 Å². The smallest absolute Gasteiger partial charge is 0.454 e. The zero-order valence-electron chi connectivity index (χ0n) is 35.9. The number of esters is 3. The average Bonchev–Trinajstić information content (AvgIpc) is 3.58. The van der Waals surface area contributed by atoms with Gasteiger partial charge in [0.25, 0.3) is 0 Å². The molecule has 1 aromatic heterocycles. The number of aliphatic hydroxyl groups excluding tert-OH is 1. The highest BCUT2D eigenvalue weighted by molar-refractivity contribution is 5.92. The lowest BCUT2D eigenvalue weighted by molar-refractivity contribution is -0.333. The highest BCUT2D eigenvalue weighted by Gasteiger charge is 2.81. The van der Waals surface area contributed by atoms with Gasteiger partial charge in [0.05, 0.1) is 35.8 Å². The van der Waals surface area contributed by atoms with E-state index in [-0.39, 0.29) is 35.4 Å². The summed E-state index contributed by atoms with van der Waals surface area (Å²) in [5, 5.41) is 14.3. The first kappa shape index (κ1) is 44.6. The van der Waals surface area contributed by atoms with Crippen LogP contribution in [0.2, 0.25) is 0 Å². The van der Waals surface area contributed by atoms with Crippen LogP contribution in [0.25, 0.3) is 0 Å². The Kier molecular flexibility index (Phi) is 11.8. The summed E-state index contributed by atoms with van der Waals surface area (Å²) in [7, 11) is 2.72. The van der Waals surface area contributed by atoms with Crippen molar-refractivity contribution < 1.29 is 76.5 Å². The first-order chi connectivity index (χ1) is 29.2. The molecule has 2 bridgehead atoms. The second kappa shape index (κ2) is 16.4. The van der Waals surface area contributed by atoms with Gasteiger partial charge < -0.3 is 53.1 Å². The van der Waals surface area contributed by atoms with Crippen molar-refractivity contribution in [1.29, 1.82) is 0 Å². The lowest BCUT2D eigenvalue weighted by atomic mass is 9.48. The van der Waals surface area contributed by atoms with Gasteiger partial charge in [0, 0.05) is 39.2 Å². The molecule has 334 valence electrons. The fourth-order valence-electron chi connectivity index (χ4n) is 10.2. The monoisotopic (exact) mass is 864 g/mol. The number of carbonyl (C=O) groups is 6. The first-order valence-electron chi connectivity index (χ1n) is 20.3. The quantitative estimate of drug-likeness (QED) is 0.197. The molecule has 18 nitrogen and oxygen atoms in total. The minimum Gasteiger partial charge on any atom is -0.454 e. The number of nitrogens with zero attached hydrogens (tertiary/aromatic N) is 1. The fourth-order valence-corrected chi connectivity index (χ4v) is 10.2. The van der Waals surface area contributed by atoms with Crippen molar-refractivity contribution in [1.82, 2.24) is 10.3 Å². The Morgan fingerprint density at radius 1 is 0.984 bits per heavy atom. The van der Waals surface area contributed by atoms with E-state index in [0.29, 0.717) is 0 Å². The third kappa shape index (κ3) is 7.29. The molecule has 1 unspecified atom stereocenters. The van der Waals surface area contributed by atoms with Crippen molar-refractivity contribution in [3.05, 3.63) is 77.1 Å². The minimum atomic E-state index is -2.20. The number of methoxy groups -OCH3 is 2. The molecule has 7 rings (SSSR count). The van der Waals surface area contributed by atoms with E-state index < -0.39 is 119 Å². The number of nitrogens with one attached hydrogen (secondary N) is 1.